The van der Waals surface area contributed by atoms with Crippen molar-refractivity contribution in [1.29, 1.82) is 0 Å². The Hall–Kier alpha value is -2.20. The minimum absolute atomic E-state index is 0. The molecule has 13 heteroatoms. The van der Waals surface area contributed by atoms with Crippen LogP contribution < -0.4 is 18.9 Å². The van der Waals surface area contributed by atoms with Crippen LogP contribution in [0.2, 0.25) is 0 Å². The zero-order chi connectivity index (χ0) is 21.3. The molecule has 0 saturated heterocycles. The molecule has 150 valence electrons. The second kappa shape index (κ2) is 9.08. The van der Waals surface area contributed by atoms with Crippen LogP contribution in [0.3, 0.4) is 0 Å². The quantitative estimate of drug-likeness (QED) is 0.237. The van der Waals surface area contributed by atoms with Crippen molar-refractivity contribution in [1.82, 2.24) is 0 Å². The number of hydrogen-bond donors (Lipinski definition) is 2. The maximum absolute atomic E-state index is 12.2. The zero-order valence-corrected chi connectivity index (χ0v) is 17.0. The number of esters is 2. The van der Waals surface area contributed by atoms with Gasteiger partial charge in [0.05, 0.1) is 24.0 Å². The van der Waals surface area contributed by atoms with E-state index in [9.17, 15) is 35.5 Å². The average Bonchev–Trinajstić information content (AvgIpc) is 2.64. The van der Waals surface area contributed by atoms with Gasteiger partial charge in [0.25, 0.3) is 32.2 Å². The van der Waals surface area contributed by atoms with Crippen molar-refractivity contribution in [3.05, 3.63) is 47.5 Å². The summed E-state index contributed by atoms with van der Waals surface area (Å²) in [6.07, 6.45) is 0. The van der Waals surface area contributed by atoms with Gasteiger partial charge in [0, 0.05) is 0 Å². The van der Waals surface area contributed by atoms with Gasteiger partial charge < -0.3 is 9.47 Å². The van der Waals surface area contributed by atoms with Crippen LogP contribution in [0.5, 0.6) is 0 Å². The van der Waals surface area contributed by atoms with Gasteiger partial charge >= 0.3 is 18.9 Å². The molecule has 0 radical (unpaired) electrons. The third-order valence-corrected chi connectivity index (χ3v) is 5.50. The van der Waals surface area contributed by atoms with Crippen molar-refractivity contribution < 1.29 is 63.9 Å². The number of benzene rings is 2. The molecule has 29 heavy (non-hydrogen) atoms. The maximum atomic E-state index is 12.2. The fourth-order valence-electron chi connectivity index (χ4n) is 2.46. The monoisotopic (exact) mass is 436 g/mol. The SMILES string of the molecule is COC(=O)c1[c-]c(C(=O)OC)c(S(=O)(=O)O)c(S(=O)(=O)O)c1-c1ccccc1.[Li+]. The fourth-order valence-corrected chi connectivity index (χ4v) is 4.63. The van der Waals surface area contributed by atoms with E-state index in [0.29, 0.717) is 0 Å². The van der Waals surface area contributed by atoms with E-state index in [1.54, 1.807) is 6.07 Å². The Morgan fingerprint density at radius 3 is 1.69 bits per heavy atom. The number of carbonyl (C=O) groups excluding carboxylic acids is 2. The summed E-state index contributed by atoms with van der Waals surface area (Å²) in [5.74, 6) is -2.61. The van der Waals surface area contributed by atoms with Gasteiger partial charge in [-0.2, -0.15) is 8.42 Å². The summed E-state index contributed by atoms with van der Waals surface area (Å²) >= 11 is 0. The van der Waals surface area contributed by atoms with Crippen LogP contribution in [0.1, 0.15) is 20.7 Å². The third-order valence-electron chi connectivity index (χ3n) is 3.52. The number of methoxy groups -OCH3 is 2. The Morgan fingerprint density at radius 2 is 1.28 bits per heavy atom. The predicted octanol–water partition coefficient (Wildman–Crippen LogP) is -1.78. The molecule has 0 aromatic heterocycles. The first kappa shape index (κ1) is 24.8. The molecule has 2 N–H and O–H groups in total. The summed E-state index contributed by atoms with van der Waals surface area (Å²) in [5, 5.41) is 0. The Balaban J connectivity index is 0.00000420. The molecule has 2 aromatic carbocycles. The van der Waals surface area contributed by atoms with Crippen molar-refractivity contribution in [2.45, 2.75) is 9.79 Å². The molecule has 0 aliphatic heterocycles. The predicted molar refractivity (Wildman–Crippen MR) is 93.0 cm³/mol. The summed E-state index contributed by atoms with van der Waals surface area (Å²) in [4.78, 5) is 21.4. The van der Waals surface area contributed by atoms with E-state index in [4.69, 9.17) is 0 Å². The zero-order valence-electron chi connectivity index (χ0n) is 15.4. The first-order valence-electron chi connectivity index (χ1n) is 7.23. The van der Waals surface area contributed by atoms with E-state index >= 15 is 0 Å². The van der Waals surface area contributed by atoms with Crippen molar-refractivity contribution in [2.24, 2.45) is 0 Å². The molecule has 10 nitrogen and oxygen atoms in total. The number of rotatable bonds is 5. The molecule has 0 atom stereocenters. The molecule has 0 unspecified atom stereocenters. The summed E-state index contributed by atoms with van der Waals surface area (Å²) in [5.41, 5.74) is -2.44. The molecule has 0 aliphatic carbocycles. The Kier molecular flexibility index (Phi) is 7.78. The van der Waals surface area contributed by atoms with Crippen LogP contribution in [-0.4, -0.2) is 52.1 Å². The van der Waals surface area contributed by atoms with Crippen LogP contribution >= 0.6 is 0 Å². The molecule has 2 rings (SSSR count). The van der Waals surface area contributed by atoms with E-state index in [0.717, 1.165) is 14.2 Å². The summed E-state index contributed by atoms with van der Waals surface area (Å²) in [6, 6.07) is 9.16. The molecule has 0 fully saturated rings. The van der Waals surface area contributed by atoms with Crippen LogP contribution in [0.4, 0.5) is 0 Å². The summed E-state index contributed by atoms with van der Waals surface area (Å²) in [7, 11) is -9.01. The van der Waals surface area contributed by atoms with Gasteiger partial charge in [-0.05, 0) is 11.1 Å². The van der Waals surface area contributed by atoms with E-state index in [1.807, 2.05) is 0 Å². The van der Waals surface area contributed by atoms with Crippen molar-refractivity contribution in [2.75, 3.05) is 14.2 Å². The van der Waals surface area contributed by atoms with Gasteiger partial charge in [-0.25, -0.2) is 8.42 Å². The largest absolute Gasteiger partial charge is 1.00 e. The van der Waals surface area contributed by atoms with E-state index in [1.165, 1.54) is 24.3 Å². The first-order valence-corrected chi connectivity index (χ1v) is 10.1. The third kappa shape index (κ3) is 5.05. The first-order chi connectivity index (χ1) is 12.9. The van der Waals surface area contributed by atoms with Gasteiger partial charge in [-0.1, -0.05) is 41.5 Å². The van der Waals surface area contributed by atoms with Crippen LogP contribution in [0, 0.1) is 6.07 Å². The van der Waals surface area contributed by atoms with E-state index in [2.05, 4.69) is 15.5 Å². The standard InChI is InChI=1S/C16H13O10S2.Li/c1-25-15(17)10-8-11(16(18)26-2)13(27(19,20)21)14(28(22,23)24)12(10)9-6-4-3-5-7-9;/h3-7H,1-2H3,(H,19,20,21)(H,22,23,24);/q-1;+1. The number of ether oxygens (including phenoxy) is 2. The Labute approximate surface area is 178 Å². The molecule has 0 spiro atoms. The minimum atomic E-state index is -5.41. The maximum Gasteiger partial charge on any atom is 1.00 e. The molecule has 0 aliphatic rings. The second-order valence-electron chi connectivity index (χ2n) is 5.21. The van der Waals surface area contributed by atoms with Gasteiger partial charge in [0.2, 0.25) is 0 Å². The number of hydrogen-bond acceptors (Lipinski definition) is 8. The molecule has 0 heterocycles. The van der Waals surface area contributed by atoms with E-state index in [-0.39, 0.29) is 24.4 Å². The number of carbonyl (C=O) groups is 2. The molecular formula is C16H13LiO10S2. The average molecular weight is 436 g/mol. The molecule has 0 amide bonds. The molecule has 2 aromatic rings. The van der Waals surface area contributed by atoms with Crippen molar-refractivity contribution in [3.63, 3.8) is 0 Å². The van der Waals surface area contributed by atoms with Crippen LogP contribution in [0.15, 0.2) is 40.1 Å². The minimum Gasteiger partial charge on any atom is -0.500 e. The Morgan fingerprint density at radius 1 is 0.828 bits per heavy atom. The van der Waals surface area contributed by atoms with Gasteiger partial charge in [-0.15, -0.1) is 6.07 Å². The van der Waals surface area contributed by atoms with Gasteiger partial charge in [0.1, 0.15) is 0 Å². The normalized spacial score (nSPS) is 11.3. The smallest absolute Gasteiger partial charge is 0.500 e. The van der Waals surface area contributed by atoms with E-state index < -0.39 is 58.7 Å². The topological polar surface area (TPSA) is 161 Å². The molecule has 0 bridgehead atoms. The second-order valence-corrected chi connectivity index (χ2v) is 7.92. The van der Waals surface area contributed by atoms with Gasteiger partial charge in [0.15, 0.2) is 0 Å². The molecular weight excluding hydrogens is 423 g/mol. The van der Waals surface area contributed by atoms with Crippen LogP contribution in [0.25, 0.3) is 11.1 Å². The van der Waals surface area contributed by atoms with Crippen LogP contribution in [-0.2, 0) is 29.7 Å². The summed E-state index contributed by atoms with van der Waals surface area (Å²) < 4.78 is 76.2. The Bertz CT molecular complexity index is 1160. The molecule has 0 saturated carbocycles. The van der Waals surface area contributed by atoms with Crippen molar-refractivity contribution in [3.8, 4) is 11.1 Å². The fraction of sp³-hybridized carbons (Fsp3) is 0.125. The van der Waals surface area contributed by atoms with Gasteiger partial charge in [-0.3, -0.25) is 18.7 Å². The summed E-state index contributed by atoms with van der Waals surface area (Å²) in [6.45, 7) is 0. The van der Waals surface area contributed by atoms with Crippen molar-refractivity contribution >= 4 is 32.2 Å².